The summed E-state index contributed by atoms with van der Waals surface area (Å²) in [7, 11) is -2.75. The Morgan fingerprint density at radius 3 is 1.67 bits per heavy atom. The van der Waals surface area contributed by atoms with Crippen LogP contribution < -0.4 is 20.7 Å². The van der Waals surface area contributed by atoms with Crippen LogP contribution in [-0.4, -0.2) is 19.6 Å². The minimum atomic E-state index is -2.75. The van der Waals surface area contributed by atoms with Gasteiger partial charge in [-0.05, 0) is 78.4 Å². The SMILES string of the molecule is C1=CC(c2ccc3c(c2-c2ccccc2)-c2ccccc2[Si]3(c2ccccc2)c2ccccc2)N=C(c2ccccc2)N=C1c1ccc2oc3ccccc3c2c1-c1ccccc1. The van der Waals surface area contributed by atoms with Crippen molar-refractivity contribution in [1.82, 2.24) is 0 Å². The molecule has 0 saturated carbocycles. The van der Waals surface area contributed by atoms with Gasteiger partial charge in [0.25, 0.3) is 0 Å². The molecule has 10 aromatic rings. The largest absolute Gasteiger partial charge is 0.456 e. The van der Waals surface area contributed by atoms with E-state index in [-0.39, 0.29) is 6.04 Å². The first-order valence-corrected chi connectivity index (χ1v) is 23.6. The predicted molar refractivity (Wildman–Crippen MR) is 265 cm³/mol. The summed E-state index contributed by atoms with van der Waals surface area (Å²) in [6.07, 6.45) is 4.46. The van der Waals surface area contributed by atoms with Crippen LogP contribution in [-0.2, 0) is 0 Å². The van der Waals surface area contributed by atoms with Crippen molar-refractivity contribution in [2.75, 3.05) is 0 Å². The number of allylic oxidation sites excluding steroid dienone is 1. The van der Waals surface area contributed by atoms with Gasteiger partial charge in [-0.2, -0.15) is 0 Å². The fourth-order valence-electron chi connectivity index (χ4n) is 10.2. The van der Waals surface area contributed by atoms with E-state index in [0.717, 1.165) is 55.5 Å². The molecule has 296 valence electrons. The van der Waals surface area contributed by atoms with Gasteiger partial charge in [-0.1, -0.05) is 212 Å². The van der Waals surface area contributed by atoms with Crippen molar-refractivity contribution in [1.29, 1.82) is 0 Å². The summed E-state index contributed by atoms with van der Waals surface area (Å²) in [4.78, 5) is 11.2. The molecule has 0 N–H and O–H groups in total. The maximum Gasteiger partial charge on any atom is 0.180 e. The molecule has 2 aliphatic heterocycles. The van der Waals surface area contributed by atoms with Crippen LogP contribution in [0.3, 0.4) is 0 Å². The van der Waals surface area contributed by atoms with Gasteiger partial charge >= 0.3 is 0 Å². The number of benzene rings is 9. The Labute approximate surface area is 367 Å². The smallest absolute Gasteiger partial charge is 0.180 e. The standard InChI is InChI=1S/C59H40N2OSi/c1-6-20-40(21-7-1)55-45(34-38-52-57(55)47-30-16-18-32-51(47)62-52)49-36-37-50(61-59(60-49)42-24-10-3-11-25-42)46-35-39-54-58(56(46)41-22-8-2-9-23-41)48-31-17-19-33-53(48)63(54,43-26-12-4-13-27-43)44-28-14-5-15-29-44/h1-39,50H. The van der Waals surface area contributed by atoms with Gasteiger partial charge < -0.3 is 4.42 Å². The molecular formula is C59H40N2OSi. The summed E-state index contributed by atoms with van der Waals surface area (Å²) in [6, 6.07) is 80.6. The van der Waals surface area contributed by atoms with E-state index in [0.29, 0.717) is 5.84 Å². The highest BCUT2D eigenvalue weighted by Gasteiger charge is 2.49. The molecule has 0 aliphatic carbocycles. The molecule has 63 heavy (non-hydrogen) atoms. The van der Waals surface area contributed by atoms with Crippen molar-refractivity contribution in [3.8, 4) is 33.4 Å². The van der Waals surface area contributed by atoms with Gasteiger partial charge in [0.15, 0.2) is 13.9 Å². The highest BCUT2D eigenvalue weighted by atomic mass is 28.3. The second-order valence-corrected chi connectivity index (χ2v) is 20.0. The molecule has 9 aromatic carbocycles. The van der Waals surface area contributed by atoms with E-state index in [1.807, 2.05) is 18.2 Å². The maximum absolute atomic E-state index is 6.46. The molecule has 0 fully saturated rings. The molecule has 1 aromatic heterocycles. The number of hydrogen-bond donors (Lipinski definition) is 0. The first kappa shape index (κ1) is 36.9. The van der Waals surface area contributed by atoms with Crippen LogP contribution in [0.5, 0.6) is 0 Å². The lowest BCUT2D eigenvalue weighted by Gasteiger charge is -2.31. The molecule has 2 aliphatic rings. The highest BCUT2D eigenvalue weighted by Crippen LogP contribution is 2.44. The van der Waals surface area contributed by atoms with Crippen LogP contribution in [0.1, 0.15) is 22.7 Å². The molecule has 0 saturated heterocycles. The van der Waals surface area contributed by atoms with E-state index in [1.165, 1.54) is 43.0 Å². The van der Waals surface area contributed by atoms with Crippen molar-refractivity contribution < 1.29 is 4.42 Å². The molecule has 1 unspecified atom stereocenters. The molecule has 0 bridgehead atoms. The van der Waals surface area contributed by atoms with Crippen LogP contribution in [0.2, 0.25) is 0 Å². The number of hydrogen-bond acceptors (Lipinski definition) is 3. The third-order valence-electron chi connectivity index (χ3n) is 12.9. The summed E-state index contributed by atoms with van der Waals surface area (Å²) in [5.41, 5.74) is 12.9. The van der Waals surface area contributed by atoms with Gasteiger partial charge in [0, 0.05) is 27.5 Å². The van der Waals surface area contributed by atoms with Crippen molar-refractivity contribution in [3.05, 3.63) is 253 Å². The Morgan fingerprint density at radius 2 is 0.984 bits per heavy atom. The van der Waals surface area contributed by atoms with Crippen molar-refractivity contribution >= 4 is 62.3 Å². The Morgan fingerprint density at radius 1 is 0.413 bits per heavy atom. The molecule has 0 radical (unpaired) electrons. The van der Waals surface area contributed by atoms with E-state index in [2.05, 4.69) is 218 Å². The predicted octanol–water partition coefficient (Wildman–Crippen LogP) is 11.8. The summed E-state index contributed by atoms with van der Waals surface area (Å²) in [5.74, 6) is 0.689. The fraction of sp³-hybridized carbons (Fsp3) is 0.0169. The van der Waals surface area contributed by atoms with Gasteiger partial charge in [0.05, 0.1) is 11.8 Å². The molecule has 3 nitrogen and oxygen atoms in total. The van der Waals surface area contributed by atoms with Crippen molar-refractivity contribution in [2.45, 2.75) is 6.04 Å². The molecule has 3 heterocycles. The summed E-state index contributed by atoms with van der Waals surface area (Å²) >= 11 is 0. The minimum absolute atomic E-state index is 0.349. The lowest BCUT2D eigenvalue weighted by atomic mass is 9.87. The number of nitrogens with zero attached hydrogens (tertiary/aromatic N) is 2. The van der Waals surface area contributed by atoms with Crippen LogP contribution >= 0.6 is 0 Å². The number of aliphatic imine (C=N–C) groups is 2. The number of fused-ring (bicyclic) bond motifs is 6. The molecule has 0 amide bonds. The van der Waals surface area contributed by atoms with Crippen LogP contribution in [0.25, 0.3) is 55.3 Å². The number of furan rings is 1. The van der Waals surface area contributed by atoms with Gasteiger partial charge in [-0.15, -0.1) is 0 Å². The van der Waals surface area contributed by atoms with Crippen molar-refractivity contribution in [3.63, 3.8) is 0 Å². The Kier molecular flexibility index (Phi) is 8.91. The third kappa shape index (κ3) is 5.94. The molecule has 1 atom stereocenters. The van der Waals surface area contributed by atoms with E-state index in [9.17, 15) is 0 Å². The number of amidine groups is 1. The van der Waals surface area contributed by atoms with Crippen LogP contribution in [0.4, 0.5) is 0 Å². The zero-order chi connectivity index (χ0) is 41.7. The lowest BCUT2D eigenvalue weighted by molar-refractivity contribution is 0.669. The van der Waals surface area contributed by atoms with Gasteiger partial charge in [0.1, 0.15) is 11.2 Å². The van der Waals surface area contributed by atoms with Crippen molar-refractivity contribution in [2.24, 2.45) is 9.98 Å². The zero-order valence-corrected chi connectivity index (χ0v) is 35.4. The second-order valence-electron chi connectivity index (χ2n) is 16.3. The third-order valence-corrected chi connectivity index (χ3v) is 17.7. The molecule has 4 heteroatoms. The Bertz CT molecular complexity index is 3390. The van der Waals surface area contributed by atoms with Gasteiger partial charge in [0.2, 0.25) is 0 Å². The Hall–Kier alpha value is -7.92. The highest BCUT2D eigenvalue weighted by molar-refractivity contribution is 7.22. The first-order chi connectivity index (χ1) is 31.3. The summed E-state index contributed by atoms with van der Waals surface area (Å²) in [6.45, 7) is 0. The zero-order valence-electron chi connectivity index (χ0n) is 34.4. The average Bonchev–Trinajstić information content (AvgIpc) is 3.79. The minimum Gasteiger partial charge on any atom is -0.456 e. The lowest BCUT2D eigenvalue weighted by Crippen LogP contribution is -2.72. The Balaban J connectivity index is 1.12. The first-order valence-electron chi connectivity index (χ1n) is 21.6. The molecular weight excluding hydrogens is 781 g/mol. The van der Waals surface area contributed by atoms with Crippen LogP contribution in [0.15, 0.2) is 251 Å². The van der Waals surface area contributed by atoms with Crippen LogP contribution in [0, 0.1) is 0 Å². The topological polar surface area (TPSA) is 37.9 Å². The van der Waals surface area contributed by atoms with Gasteiger partial charge in [-0.3, -0.25) is 4.99 Å². The van der Waals surface area contributed by atoms with E-state index >= 15 is 0 Å². The van der Waals surface area contributed by atoms with E-state index in [1.54, 1.807) is 0 Å². The second kappa shape index (κ2) is 15.2. The van der Waals surface area contributed by atoms with E-state index in [4.69, 9.17) is 14.4 Å². The summed E-state index contributed by atoms with van der Waals surface area (Å²) in [5, 5.41) is 7.73. The fourth-order valence-corrected chi connectivity index (χ4v) is 15.4. The molecule has 12 rings (SSSR count). The quantitative estimate of drug-likeness (QED) is 0.148. The molecule has 0 spiro atoms. The maximum atomic E-state index is 6.46. The number of para-hydroxylation sites is 1. The number of rotatable bonds is 7. The van der Waals surface area contributed by atoms with Gasteiger partial charge in [-0.25, -0.2) is 4.99 Å². The average molecular weight is 821 g/mol. The summed E-state index contributed by atoms with van der Waals surface area (Å²) < 4.78 is 6.46. The normalized spacial score (nSPS) is 15.1. The monoisotopic (exact) mass is 820 g/mol. The van der Waals surface area contributed by atoms with E-state index < -0.39 is 8.07 Å².